The minimum absolute atomic E-state index is 0.350. The van der Waals surface area contributed by atoms with Crippen LogP contribution in [0, 0.1) is 0 Å². The minimum Gasteiger partial charge on any atom is -0.490 e. The fourth-order valence-corrected chi connectivity index (χ4v) is 2.67. The molecule has 1 unspecified atom stereocenters. The topological polar surface area (TPSA) is 29.5 Å². The molecule has 2 nitrogen and oxygen atoms in total. The van der Waals surface area contributed by atoms with Gasteiger partial charge in [0.1, 0.15) is 5.75 Å². The molecule has 0 spiro atoms. The number of hydrogen-bond acceptors (Lipinski definition) is 2. The van der Waals surface area contributed by atoms with Gasteiger partial charge in [0.2, 0.25) is 0 Å². The van der Waals surface area contributed by atoms with E-state index in [1.165, 1.54) is 0 Å². The van der Waals surface area contributed by atoms with Crippen molar-refractivity contribution in [2.24, 2.45) is 0 Å². The van der Waals surface area contributed by atoms with Gasteiger partial charge in [0.15, 0.2) is 0 Å². The molecule has 1 aliphatic carbocycles. The largest absolute Gasteiger partial charge is 0.490 e. The van der Waals surface area contributed by atoms with Crippen LogP contribution in [0.1, 0.15) is 30.1 Å². The second kappa shape index (κ2) is 6.27. The van der Waals surface area contributed by atoms with Crippen LogP contribution < -0.4 is 4.74 Å². The zero-order chi connectivity index (χ0) is 14.8. The van der Waals surface area contributed by atoms with Gasteiger partial charge in [-0.1, -0.05) is 41.4 Å². The molecule has 2 aromatic carbocycles. The van der Waals surface area contributed by atoms with Gasteiger partial charge in [0.25, 0.3) is 0 Å². The molecule has 0 saturated heterocycles. The van der Waals surface area contributed by atoms with Gasteiger partial charge in [0.05, 0.1) is 12.2 Å². The molecule has 110 valence electrons. The Morgan fingerprint density at radius 3 is 2.67 bits per heavy atom. The van der Waals surface area contributed by atoms with E-state index in [0.717, 1.165) is 29.7 Å². The van der Waals surface area contributed by atoms with Crippen molar-refractivity contribution in [3.8, 4) is 5.75 Å². The van der Waals surface area contributed by atoms with Gasteiger partial charge in [-0.3, -0.25) is 0 Å². The minimum atomic E-state index is -0.619. The zero-order valence-corrected chi connectivity index (χ0v) is 12.9. The van der Waals surface area contributed by atoms with Gasteiger partial charge < -0.3 is 9.84 Å². The zero-order valence-electron chi connectivity index (χ0n) is 11.4. The van der Waals surface area contributed by atoms with E-state index < -0.39 is 6.10 Å². The van der Waals surface area contributed by atoms with Crippen LogP contribution in [0.3, 0.4) is 0 Å². The van der Waals surface area contributed by atoms with Gasteiger partial charge >= 0.3 is 0 Å². The first kappa shape index (κ1) is 14.7. The maximum absolute atomic E-state index is 10.4. The van der Waals surface area contributed by atoms with E-state index >= 15 is 0 Å². The van der Waals surface area contributed by atoms with Crippen molar-refractivity contribution >= 4 is 23.2 Å². The summed E-state index contributed by atoms with van der Waals surface area (Å²) < 4.78 is 5.75. The third kappa shape index (κ3) is 3.91. The van der Waals surface area contributed by atoms with Gasteiger partial charge in [-0.15, -0.1) is 0 Å². The number of aliphatic hydroxyl groups is 1. The monoisotopic (exact) mass is 322 g/mol. The Balaban J connectivity index is 1.73. The highest BCUT2D eigenvalue weighted by molar-refractivity contribution is 6.35. The van der Waals surface area contributed by atoms with E-state index in [0.29, 0.717) is 22.6 Å². The SMILES string of the molecule is OC(Cc1ccc(Cl)cc1Cl)c1cccc(OC2CC2)c1. The fourth-order valence-electron chi connectivity index (χ4n) is 2.19. The average molecular weight is 323 g/mol. The van der Waals surface area contributed by atoms with Crippen LogP contribution in [-0.4, -0.2) is 11.2 Å². The molecule has 0 radical (unpaired) electrons. The highest BCUT2D eigenvalue weighted by Gasteiger charge is 2.23. The Morgan fingerprint density at radius 1 is 1.14 bits per heavy atom. The lowest BCUT2D eigenvalue weighted by Crippen LogP contribution is -2.03. The standard InChI is InChI=1S/C17H16Cl2O2/c18-13-5-4-11(16(19)10-13)9-17(20)12-2-1-3-15(8-12)21-14-6-7-14/h1-5,8,10,14,17,20H,6-7,9H2. The number of ether oxygens (including phenoxy) is 1. The average Bonchev–Trinajstić information content (AvgIpc) is 3.26. The van der Waals surface area contributed by atoms with E-state index in [1.54, 1.807) is 12.1 Å². The lowest BCUT2D eigenvalue weighted by atomic mass is 10.0. The van der Waals surface area contributed by atoms with Crippen LogP contribution in [0.5, 0.6) is 5.75 Å². The van der Waals surface area contributed by atoms with Crippen LogP contribution in [0.15, 0.2) is 42.5 Å². The molecule has 1 aliphatic rings. The predicted molar refractivity (Wildman–Crippen MR) is 85.2 cm³/mol. The molecule has 1 fully saturated rings. The van der Waals surface area contributed by atoms with E-state index in [9.17, 15) is 5.11 Å². The molecule has 4 heteroatoms. The summed E-state index contributed by atoms with van der Waals surface area (Å²) in [4.78, 5) is 0. The van der Waals surface area contributed by atoms with Gasteiger partial charge in [-0.25, -0.2) is 0 Å². The Hall–Kier alpha value is -1.22. The van der Waals surface area contributed by atoms with Crippen molar-refractivity contribution in [1.82, 2.24) is 0 Å². The summed E-state index contributed by atoms with van der Waals surface area (Å²) in [6.45, 7) is 0. The van der Waals surface area contributed by atoms with E-state index in [2.05, 4.69) is 0 Å². The van der Waals surface area contributed by atoms with Crippen molar-refractivity contribution in [3.05, 3.63) is 63.6 Å². The molecule has 2 aromatic rings. The maximum atomic E-state index is 10.4. The Morgan fingerprint density at radius 2 is 1.95 bits per heavy atom. The maximum Gasteiger partial charge on any atom is 0.120 e. The van der Waals surface area contributed by atoms with Crippen molar-refractivity contribution in [2.45, 2.75) is 31.5 Å². The van der Waals surface area contributed by atoms with Crippen LogP contribution in [0.2, 0.25) is 10.0 Å². The number of halogens is 2. The van der Waals surface area contributed by atoms with Crippen LogP contribution in [-0.2, 0) is 6.42 Å². The predicted octanol–water partition coefficient (Wildman–Crippen LogP) is 4.81. The highest BCUT2D eigenvalue weighted by atomic mass is 35.5. The summed E-state index contributed by atoms with van der Waals surface area (Å²) in [6.07, 6.45) is 2.41. The number of hydrogen-bond donors (Lipinski definition) is 1. The van der Waals surface area contributed by atoms with Gasteiger partial charge in [-0.05, 0) is 48.2 Å². The fraction of sp³-hybridized carbons (Fsp3) is 0.294. The van der Waals surface area contributed by atoms with Gasteiger partial charge in [0, 0.05) is 16.5 Å². The number of rotatable bonds is 5. The summed E-state index contributed by atoms with van der Waals surface area (Å²) in [5.74, 6) is 0.816. The van der Waals surface area contributed by atoms with Crippen molar-refractivity contribution in [1.29, 1.82) is 0 Å². The Bertz CT molecular complexity index is 638. The lowest BCUT2D eigenvalue weighted by Gasteiger charge is -2.14. The van der Waals surface area contributed by atoms with Crippen LogP contribution in [0.25, 0.3) is 0 Å². The summed E-state index contributed by atoms with van der Waals surface area (Å²) in [7, 11) is 0. The Labute approximate surface area is 134 Å². The lowest BCUT2D eigenvalue weighted by molar-refractivity contribution is 0.177. The summed E-state index contributed by atoms with van der Waals surface area (Å²) in [5.41, 5.74) is 1.71. The second-order valence-electron chi connectivity index (χ2n) is 5.35. The Kier molecular flexibility index (Phi) is 4.39. The van der Waals surface area contributed by atoms with Crippen molar-refractivity contribution < 1.29 is 9.84 Å². The van der Waals surface area contributed by atoms with Crippen LogP contribution >= 0.6 is 23.2 Å². The first-order chi connectivity index (χ1) is 10.1. The molecule has 3 rings (SSSR count). The molecular weight excluding hydrogens is 307 g/mol. The number of benzene rings is 2. The molecule has 21 heavy (non-hydrogen) atoms. The molecule has 1 N–H and O–H groups in total. The number of aliphatic hydroxyl groups excluding tert-OH is 1. The molecule has 0 aromatic heterocycles. The molecule has 1 atom stereocenters. The third-order valence-corrected chi connectivity index (χ3v) is 4.09. The smallest absolute Gasteiger partial charge is 0.120 e. The third-order valence-electron chi connectivity index (χ3n) is 3.50. The highest BCUT2D eigenvalue weighted by Crippen LogP contribution is 2.30. The molecule has 0 bridgehead atoms. The quantitative estimate of drug-likeness (QED) is 0.855. The van der Waals surface area contributed by atoms with E-state index in [1.807, 2.05) is 30.3 Å². The molecular formula is C17H16Cl2O2. The first-order valence-corrected chi connectivity index (χ1v) is 7.76. The van der Waals surface area contributed by atoms with Crippen molar-refractivity contribution in [3.63, 3.8) is 0 Å². The van der Waals surface area contributed by atoms with Crippen LogP contribution in [0.4, 0.5) is 0 Å². The van der Waals surface area contributed by atoms with E-state index in [4.69, 9.17) is 27.9 Å². The second-order valence-corrected chi connectivity index (χ2v) is 6.19. The molecule has 0 aliphatic heterocycles. The molecule has 1 saturated carbocycles. The van der Waals surface area contributed by atoms with Gasteiger partial charge in [-0.2, -0.15) is 0 Å². The first-order valence-electron chi connectivity index (χ1n) is 7.00. The van der Waals surface area contributed by atoms with E-state index in [-0.39, 0.29) is 0 Å². The summed E-state index contributed by atoms with van der Waals surface area (Å²) in [5, 5.41) is 11.6. The normalized spacial score (nSPS) is 15.8. The summed E-state index contributed by atoms with van der Waals surface area (Å²) in [6, 6.07) is 12.9. The summed E-state index contributed by atoms with van der Waals surface area (Å²) >= 11 is 12.0. The molecule has 0 amide bonds. The van der Waals surface area contributed by atoms with Crippen molar-refractivity contribution in [2.75, 3.05) is 0 Å². The molecule has 0 heterocycles.